The fraction of sp³-hybridized carbons (Fsp3) is 0.400. The first-order chi connectivity index (χ1) is 12.6. The van der Waals surface area contributed by atoms with E-state index < -0.39 is 0 Å². The van der Waals surface area contributed by atoms with Gasteiger partial charge in [-0.15, -0.1) is 0 Å². The maximum Gasteiger partial charge on any atom is 0.244 e. The number of hydrogen-bond acceptors (Lipinski definition) is 3. The quantitative estimate of drug-likeness (QED) is 0.779. The number of ether oxygens (including phenoxy) is 1. The lowest BCUT2D eigenvalue weighted by Gasteiger charge is -2.09. The fourth-order valence-corrected chi connectivity index (χ4v) is 3.58. The van der Waals surface area contributed by atoms with Crippen molar-refractivity contribution in [3.63, 3.8) is 0 Å². The number of amides is 1. The minimum Gasteiger partial charge on any atom is -0.497 e. The number of aromatic nitrogens is 2. The number of hydrogen-bond donors (Lipinski definition) is 1. The van der Waals surface area contributed by atoms with Crippen LogP contribution in [0.3, 0.4) is 0 Å². The van der Waals surface area contributed by atoms with E-state index in [0.717, 1.165) is 35.4 Å². The number of carbonyl (C=O) groups excluding carboxylic acids is 1. The summed E-state index contributed by atoms with van der Waals surface area (Å²) >= 11 is 6.49. The van der Waals surface area contributed by atoms with Gasteiger partial charge >= 0.3 is 0 Å². The van der Waals surface area contributed by atoms with Gasteiger partial charge in [0, 0.05) is 17.7 Å². The van der Waals surface area contributed by atoms with Gasteiger partial charge in [-0.3, -0.25) is 4.79 Å². The maximum absolute atomic E-state index is 12.1. The average molecular weight is 374 g/mol. The summed E-state index contributed by atoms with van der Waals surface area (Å²) in [5.74, 6) is 0.721. The molecule has 6 heteroatoms. The first kappa shape index (κ1) is 18.5. The molecule has 0 bridgehead atoms. The van der Waals surface area contributed by atoms with E-state index in [2.05, 4.69) is 10.4 Å². The Hall–Kier alpha value is -2.27. The molecular formula is C20H24ClN3O2. The number of aryl methyl sites for hydroxylation is 1. The molecule has 1 aromatic heterocycles. The van der Waals surface area contributed by atoms with Gasteiger partial charge in [0.05, 0.1) is 19.3 Å². The summed E-state index contributed by atoms with van der Waals surface area (Å²) in [5, 5.41) is 8.06. The Bertz CT molecular complexity index is 807. The molecule has 1 heterocycles. The Labute approximate surface area is 159 Å². The third-order valence-electron chi connectivity index (χ3n) is 4.68. The lowest BCUT2D eigenvalue weighted by molar-refractivity contribution is -0.117. The van der Waals surface area contributed by atoms with Crippen LogP contribution in [0.15, 0.2) is 30.3 Å². The molecule has 1 aliphatic carbocycles. The molecule has 5 nitrogen and oxygen atoms in total. The molecule has 1 fully saturated rings. The summed E-state index contributed by atoms with van der Waals surface area (Å²) in [6, 6.07) is 8.10. The van der Waals surface area contributed by atoms with Gasteiger partial charge in [-0.05, 0) is 43.5 Å². The fourth-order valence-electron chi connectivity index (χ4n) is 3.28. The minimum absolute atomic E-state index is 0.0760. The van der Waals surface area contributed by atoms with E-state index in [1.54, 1.807) is 23.9 Å². The van der Waals surface area contributed by atoms with Gasteiger partial charge in [-0.2, -0.15) is 5.10 Å². The number of halogens is 1. The molecule has 0 saturated heterocycles. The van der Waals surface area contributed by atoms with Crippen molar-refractivity contribution < 1.29 is 9.53 Å². The first-order valence-electron chi connectivity index (χ1n) is 8.91. The number of methoxy groups -OCH3 is 1. The molecule has 1 aromatic carbocycles. The minimum atomic E-state index is -0.0760. The van der Waals surface area contributed by atoms with Crippen molar-refractivity contribution in [3.8, 4) is 5.75 Å². The van der Waals surface area contributed by atoms with Crippen LogP contribution in [0.1, 0.15) is 42.5 Å². The lowest BCUT2D eigenvalue weighted by atomic mass is 10.2. The van der Waals surface area contributed by atoms with Gasteiger partial charge in [0.2, 0.25) is 5.91 Å². The molecule has 0 spiro atoms. The Morgan fingerprint density at radius 1 is 1.42 bits per heavy atom. The van der Waals surface area contributed by atoms with Crippen molar-refractivity contribution in [2.75, 3.05) is 7.11 Å². The van der Waals surface area contributed by atoms with Crippen LogP contribution >= 0.6 is 11.6 Å². The summed E-state index contributed by atoms with van der Waals surface area (Å²) in [7, 11) is 1.64. The van der Waals surface area contributed by atoms with Crippen LogP contribution in [0.25, 0.3) is 6.08 Å². The smallest absolute Gasteiger partial charge is 0.244 e. The molecule has 0 atom stereocenters. The average Bonchev–Trinajstić information content (AvgIpc) is 3.22. The molecule has 26 heavy (non-hydrogen) atoms. The summed E-state index contributed by atoms with van der Waals surface area (Å²) in [5.41, 5.74) is 2.61. The van der Waals surface area contributed by atoms with Crippen molar-refractivity contribution >= 4 is 23.6 Å². The molecule has 0 aliphatic heterocycles. The lowest BCUT2D eigenvalue weighted by Crippen LogP contribution is -2.30. The topological polar surface area (TPSA) is 56.2 Å². The highest BCUT2D eigenvalue weighted by atomic mass is 35.5. The third-order valence-corrected chi connectivity index (χ3v) is 5.08. The van der Waals surface area contributed by atoms with Crippen LogP contribution in [0.4, 0.5) is 0 Å². The highest BCUT2D eigenvalue weighted by molar-refractivity contribution is 6.31. The normalized spacial score (nSPS) is 14.9. The Morgan fingerprint density at radius 2 is 2.19 bits per heavy atom. The predicted octanol–water partition coefficient (Wildman–Crippen LogP) is 3.97. The molecule has 0 radical (unpaired) electrons. The summed E-state index contributed by atoms with van der Waals surface area (Å²) in [4.78, 5) is 12.1. The van der Waals surface area contributed by atoms with Crippen LogP contribution in [0.5, 0.6) is 5.75 Å². The maximum atomic E-state index is 12.1. The van der Waals surface area contributed by atoms with Crippen LogP contribution in [-0.4, -0.2) is 28.8 Å². The van der Waals surface area contributed by atoms with E-state index >= 15 is 0 Å². The Morgan fingerprint density at radius 3 is 2.92 bits per heavy atom. The van der Waals surface area contributed by atoms with Gasteiger partial charge in [0.1, 0.15) is 10.9 Å². The van der Waals surface area contributed by atoms with E-state index in [0.29, 0.717) is 17.7 Å². The van der Waals surface area contributed by atoms with E-state index in [1.165, 1.54) is 12.8 Å². The second kappa shape index (κ2) is 8.41. The molecule has 1 aliphatic rings. The highest BCUT2D eigenvalue weighted by Crippen LogP contribution is 2.23. The molecule has 0 unspecified atom stereocenters. The summed E-state index contributed by atoms with van der Waals surface area (Å²) in [6.07, 6.45) is 7.81. The molecule has 1 amide bonds. The zero-order chi connectivity index (χ0) is 18.5. The van der Waals surface area contributed by atoms with Crippen molar-refractivity contribution in [3.05, 3.63) is 52.3 Å². The molecule has 3 rings (SSSR count). The van der Waals surface area contributed by atoms with E-state index in [9.17, 15) is 4.79 Å². The standard InChI is InChI=1S/C20H24ClN3O2/c1-14-18(10-11-19(25)22-16-7-3-4-8-16)20(21)24(23-14)13-15-6-5-9-17(12-15)26-2/h5-6,9-12,16H,3-4,7-8,13H2,1-2H3,(H,22,25)/b11-10+. The van der Waals surface area contributed by atoms with Gasteiger partial charge in [0.15, 0.2) is 0 Å². The van der Waals surface area contributed by atoms with Crippen molar-refractivity contribution in [2.45, 2.75) is 45.2 Å². The van der Waals surface area contributed by atoms with Gasteiger partial charge < -0.3 is 10.1 Å². The predicted molar refractivity (Wildman–Crippen MR) is 104 cm³/mol. The number of nitrogens with one attached hydrogen (secondary N) is 1. The number of rotatable bonds is 6. The molecule has 2 aromatic rings. The largest absolute Gasteiger partial charge is 0.497 e. The molecule has 138 valence electrons. The number of carbonyl (C=O) groups is 1. The van der Waals surface area contributed by atoms with Crippen molar-refractivity contribution in [1.29, 1.82) is 0 Å². The van der Waals surface area contributed by atoms with Gasteiger partial charge in [-0.1, -0.05) is 36.6 Å². The van der Waals surface area contributed by atoms with Crippen LogP contribution in [0.2, 0.25) is 5.15 Å². The van der Waals surface area contributed by atoms with Crippen molar-refractivity contribution in [1.82, 2.24) is 15.1 Å². The SMILES string of the molecule is COc1cccc(Cn2nc(C)c(/C=C/C(=O)NC3CCCC3)c2Cl)c1. The second-order valence-electron chi connectivity index (χ2n) is 6.62. The van der Waals surface area contributed by atoms with Gasteiger partial charge in [0.25, 0.3) is 0 Å². The Kier molecular flexibility index (Phi) is 5.99. The number of benzene rings is 1. The molecule has 1 saturated carbocycles. The van der Waals surface area contributed by atoms with E-state index in [1.807, 2.05) is 31.2 Å². The van der Waals surface area contributed by atoms with Crippen LogP contribution in [-0.2, 0) is 11.3 Å². The highest BCUT2D eigenvalue weighted by Gasteiger charge is 2.16. The van der Waals surface area contributed by atoms with Crippen LogP contribution < -0.4 is 10.1 Å². The third kappa shape index (κ3) is 4.47. The van der Waals surface area contributed by atoms with Crippen LogP contribution in [0, 0.1) is 6.92 Å². The molecular weight excluding hydrogens is 350 g/mol. The summed E-state index contributed by atoms with van der Waals surface area (Å²) < 4.78 is 6.99. The van der Waals surface area contributed by atoms with Gasteiger partial charge in [-0.25, -0.2) is 4.68 Å². The summed E-state index contributed by atoms with van der Waals surface area (Å²) in [6.45, 7) is 2.43. The zero-order valence-electron chi connectivity index (χ0n) is 15.2. The first-order valence-corrected chi connectivity index (χ1v) is 9.29. The monoisotopic (exact) mass is 373 g/mol. The molecule has 1 N–H and O–H groups in total. The van der Waals surface area contributed by atoms with Crippen molar-refractivity contribution in [2.24, 2.45) is 0 Å². The number of nitrogens with zero attached hydrogens (tertiary/aromatic N) is 2. The Balaban J connectivity index is 1.70. The van der Waals surface area contributed by atoms with E-state index in [4.69, 9.17) is 16.3 Å². The zero-order valence-corrected chi connectivity index (χ0v) is 15.9. The van der Waals surface area contributed by atoms with E-state index in [-0.39, 0.29) is 5.91 Å². The second-order valence-corrected chi connectivity index (χ2v) is 6.98.